The average Bonchev–Trinajstić information content (AvgIpc) is 2.20. The largest absolute Gasteiger partial charge is 0.480 e. The van der Waals surface area contributed by atoms with Crippen molar-refractivity contribution in [3.63, 3.8) is 0 Å². The maximum atomic E-state index is 10.9. The molecular weight excluding hydrogens is 267 g/mol. The molecule has 0 bridgehead atoms. The first kappa shape index (κ1) is 13.7. The molecule has 5 heteroatoms. The molecule has 0 amide bonds. The van der Waals surface area contributed by atoms with Gasteiger partial charge in [0.05, 0.1) is 10.0 Å². The molecule has 1 aromatic carbocycles. The van der Waals surface area contributed by atoms with Gasteiger partial charge in [-0.05, 0) is 31.5 Å². The van der Waals surface area contributed by atoms with Gasteiger partial charge in [-0.15, -0.1) is 11.8 Å². The highest BCUT2D eigenvalue weighted by atomic mass is 35.5. The monoisotopic (exact) mass is 278 g/mol. The lowest BCUT2D eigenvalue weighted by Crippen LogP contribution is -2.27. The van der Waals surface area contributed by atoms with Gasteiger partial charge in [-0.25, -0.2) is 0 Å². The Morgan fingerprint density at radius 2 is 2.00 bits per heavy atom. The first-order valence-electron chi connectivity index (χ1n) is 4.64. The fraction of sp³-hybridized carbons (Fsp3) is 0.364. The molecule has 0 aliphatic heterocycles. The average molecular weight is 279 g/mol. The van der Waals surface area contributed by atoms with Crippen LogP contribution in [0.3, 0.4) is 0 Å². The molecule has 0 spiro atoms. The molecule has 0 fully saturated rings. The zero-order valence-electron chi connectivity index (χ0n) is 8.96. The third kappa shape index (κ3) is 3.58. The van der Waals surface area contributed by atoms with Crippen molar-refractivity contribution in [1.82, 2.24) is 0 Å². The summed E-state index contributed by atoms with van der Waals surface area (Å²) in [6.45, 7) is 3.36. The number of carboxylic acids is 1. The molecule has 2 nitrogen and oxygen atoms in total. The summed E-state index contributed by atoms with van der Waals surface area (Å²) in [4.78, 5) is 10.9. The van der Waals surface area contributed by atoms with Gasteiger partial charge in [-0.2, -0.15) is 0 Å². The van der Waals surface area contributed by atoms with E-state index in [9.17, 15) is 4.79 Å². The summed E-state index contributed by atoms with van der Waals surface area (Å²) in [7, 11) is 0. The zero-order chi connectivity index (χ0) is 12.3. The summed E-state index contributed by atoms with van der Waals surface area (Å²) < 4.78 is -0.799. The molecule has 0 aliphatic carbocycles. The fourth-order valence-corrected chi connectivity index (χ4v) is 2.11. The van der Waals surface area contributed by atoms with Crippen LogP contribution in [0.4, 0.5) is 0 Å². The van der Waals surface area contributed by atoms with Crippen molar-refractivity contribution in [2.45, 2.75) is 24.3 Å². The van der Waals surface area contributed by atoms with Crippen molar-refractivity contribution in [3.8, 4) is 0 Å². The SMILES string of the molecule is CC(C)(SCc1ccc(Cl)c(Cl)c1)C(=O)O. The molecule has 0 atom stereocenters. The standard InChI is InChI=1S/C11H12Cl2O2S/c1-11(2,10(14)15)16-6-7-3-4-8(12)9(13)5-7/h3-5H,6H2,1-2H3,(H,14,15). The number of halogens is 2. The number of carbonyl (C=O) groups is 1. The smallest absolute Gasteiger partial charge is 0.319 e. The van der Waals surface area contributed by atoms with Gasteiger partial charge in [0.25, 0.3) is 0 Å². The van der Waals surface area contributed by atoms with Gasteiger partial charge in [0.2, 0.25) is 0 Å². The predicted molar refractivity (Wildman–Crippen MR) is 69.5 cm³/mol. The summed E-state index contributed by atoms with van der Waals surface area (Å²) >= 11 is 13.0. The second-order valence-electron chi connectivity index (χ2n) is 3.85. The van der Waals surface area contributed by atoms with E-state index in [4.69, 9.17) is 28.3 Å². The molecule has 0 saturated carbocycles. The summed E-state index contributed by atoms with van der Waals surface area (Å²) in [5.74, 6) is -0.228. The molecule has 0 unspecified atom stereocenters. The van der Waals surface area contributed by atoms with E-state index >= 15 is 0 Å². The number of thioether (sulfide) groups is 1. The summed E-state index contributed by atoms with van der Waals surface area (Å²) in [6.07, 6.45) is 0. The van der Waals surface area contributed by atoms with Crippen molar-refractivity contribution >= 4 is 40.9 Å². The molecule has 1 N–H and O–H groups in total. The van der Waals surface area contributed by atoms with Gasteiger partial charge in [-0.1, -0.05) is 29.3 Å². The van der Waals surface area contributed by atoms with Gasteiger partial charge in [0.15, 0.2) is 0 Å². The van der Waals surface area contributed by atoms with E-state index < -0.39 is 10.7 Å². The van der Waals surface area contributed by atoms with E-state index in [1.165, 1.54) is 11.8 Å². The summed E-state index contributed by atoms with van der Waals surface area (Å²) in [5, 5.41) is 9.95. The van der Waals surface area contributed by atoms with Crippen LogP contribution >= 0.6 is 35.0 Å². The number of aliphatic carboxylic acids is 1. The molecular formula is C11H12Cl2O2S. The Bertz CT molecular complexity index is 405. The number of hydrogen-bond donors (Lipinski definition) is 1. The van der Waals surface area contributed by atoms with Crippen molar-refractivity contribution in [2.24, 2.45) is 0 Å². The first-order valence-corrected chi connectivity index (χ1v) is 6.38. The lowest BCUT2D eigenvalue weighted by molar-refractivity contribution is -0.138. The van der Waals surface area contributed by atoms with E-state index in [-0.39, 0.29) is 0 Å². The molecule has 0 saturated heterocycles. The van der Waals surface area contributed by atoms with E-state index in [2.05, 4.69) is 0 Å². The molecule has 0 heterocycles. The summed E-state index contributed by atoms with van der Waals surface area (Å²) in [5.41, 5.74) is 0.966. The number of hydrogen-bond acceptors (Lipinski definition) is 2. The zero-order valence-corrected chi connectivity index (χ0v) is 11.3. The van der Waals surface area contributed by atoms with Crippen LogP contribution in [0, 0.1) is 0 Å². The molecule has 1 rings (SSSR count). The highest BCUT2D eigenvalue weighted by molar-refractivity contribution is 8.00. The Labute approximate surface area is 109 Å². The maximum Gasteiger partial charge on any atom is 0.319 e. The van der Waals surface area contributed by atoms with E-state index in [0.29, 0.717) is 15.8 Å². The first-order chi connectivity index (χ1) is 7.33. The van der Waals surface area contributed by atoms with Crippen LogP contribution in [-0.4, -0.2) is 15.8 Å². The van der Waals surface area contributed by atoms with Crippen molar-refractivity contribution in [1.29, 1.82) is 0 Å². The van der Waals surface area contributed by atoms with Crippen LogP contribution < -0.4 is 0 Å². The third-order valence-electron chi connectivity index (χ3n) is 2.10. The molecule has 88 valence electrons. The lowest BCUT2D eigenvalue weighted by Gasteiger charge is -2.18. The predicted octanol–water partition coefficient (Wildman–Crippen LogP) is 4.09. The topological polar surface area (TPSA) is 37.3 Å². The van der Waals surface area contributed by atoms with Crippen molar-refractivity contribution in [2.75, 3.05) is 0 Å². The van der Waals surface area contributed by atoms with Crippen LogP contribution in [0.25, 0.3) is 0 Å². The lowest BCUT2D eigenvalue weighted by atomic mass is 10.2. The Balaban J connectivity index is 2.68. The minimum Gasteiger partial charge on any atom is -0.480 e. The van der Waals surface area contributed by atoms with Crippen LogP contribution in [0.2, 0.25) is 10.0 Å². The molecule has 16 heavy (non-hydrogen) atoms. The number of carboxylic acid groups (broad SMARTS) is 1. The highest BCUT2D eigenvalue weighted by Crippen LogP contribution is 2.30. The molecule has 0 aromatic heterocycles. The Morgan fingerprint density at radius 3 is 2.50 bits per heavy atom. The van der Waals surface area contributed by atoms with Crippen LogP contribution in [0.5, 0.6) is 0 Å². The second-order valence-corrected chi connectivity index (χ2v) is 6.26. The van der Waals surface area contributed by atoms with Crippen molar-refractivity contribution in [3.05, 3.63) is 33.8 Å². The Kier molecular flexibility index (Phi) is 4.53. The van der Waals surface area contributed by atoms with Gasteiger partial charge in [0, 0.05) is 5.75 Å². The van der Waals surface area contributed by atoms with Gasteiger partial charge in [0.1, 0.15) is 4.75 Å². The van der Waals surface area contributed by atoms with Crippen LogP contribution in [0.1, 0.15) is 19.4 Å². The van der Waals surface area contributed by atoms with Crippen LogP contribution in [-0.2, 0) is 10.5 Å². The van der Waals surface area contributed by atoms with E-state index in [1.807, 2.05) is 6.07 Å². The van der Waals surface area contributed by atoms with Gasteiger partial charge >= 0.3 is 5.97 Å². The highest BCUT2D eigenvalue weighted by Gasteiger charge is 2.27. The van der Waals surface area contributed by atoms with Crippen LogP contribution in [0.15, 0.2) is 18.2 Å². The Morgan fingerprint density at radius 1 is 1.38 bits per heavy atom. The Hall–Kier alpha value is -0.380. The van der Waals surface area contributed by atoms with Crippen molar-refractivity contribution < 1.29 is 9.90 Å². The maximum absolute atomic E-state index is 10.9. The second kappa shape index (κ2) is 5.30. The quantitative estimate of drug-likeness (QED) is 0.902. The fourth-order valence-electron chi connectivity index (χ4n) is 0.955. The minimum atomic E-state index is -0.822. The minimum absolute atomic E-state index is 0.493. The third-order valence-corrected chi connectivity index (χ3v) is 4.21. The molecule has 0 aliphatic rings. The number of rotatable bonds is 4. The molecule has 0 radical (unpaired) electrons. The van der Waals surface area contributed by atoms with Gasteiger partial charge < -0.3 is 5.11 Å². The number of benzene rings is 1. The van der Waals surface area contributed by atoms with E-state index in [1.54, 1.807) is 26.0 Å². The van der Waals surface area contributed by atoms with E-state index in [0.717, 1.165) is 5.56 Å². The van der Waals surface area contributed by atoms with Gasteiger partial charge in [-0.3, -0.25) is 4.79 Å². The molecule has 1 aromatic rings. The normalized spacial score (nSPS) is 11.5. The summed E-state index contributed by atoms with van der Waals surface area (Å²) in [6, 6.07) is 5.32.